The van der Waals surface area contributed by atoms with Crippen molar-refractivity contribution in [3.8, 4) is 0 Å². The van der Waals surface area contributed by atoms with Crippen LogP contribution in [0, 0.1) is 0 Å². The van der Waals surface area contributed by atoms with Crippen molar-refractivity contribution in [3.05, 3.63) is 58.3 Å². The average molecular weight is 339 g/mol. The molecule has 0 radical (unpaired) electrons. The Kier molecular flexibility index (Phi) is 5.35. The summed E-state index contributed by atoms with van der Waals surface area (Å²) in [5, 5.41) is 3.00. The summed E-state index contributed by atoms with van der Waals surface area (Å²) in [6.45, 7) is 1.45. The van der Waals surface area contributed by atoms with Crippen LogP contribution >= 0.6 is 23.2 Å². The second-order valence-electron chi connectivity index (χ2n) is 4.36. The van der Waals surface area contributed by atoms with Gasteiger partial charge in [0.2, 0.25) is 0 Å². The van der Waals surface area contributed by atoms with E-state index in [2.05, 4.69) is 10.3 Å². The van der Waals surface area contributed by atoms with Crippen molar-refractivity contribution in [1.29, 1.82) is 0 Å². The number of benzene rings is 1. The summed E-state index contributed by atoms with van der Waals surface area (Å²) in [4.78, 5) is 27.7. The van der Waals surface area contributed by atoms with E-state index < -0.39 is 18.0 Å². The molecule has 2 aromatic rings. The lowest BCUT2D eigenvalue weighted by atomic mass is 10.2. The van der Waals surface area contributed by atoms with E-state index in [9.17, 15) is 9.59 Å². The molecule has 1 unspecified atom stereocenters. The number of para-hydroxylation sites is 1. The molecule has 1 N–H and O–H groups in total. The molecule has 1 atom stereocenters. The molecule has 2 rings (SSSR count). The van der Waals surface area contributed by atoms with Gasteiger partial charge in [-0.25, -0.2) is 9.78 Å². The topological polar surface area (TPSA) is 68.3 Å². The number of nitrogens with one attached hydrogen (secondary N) is 1. The fraction of sp³-hybridized carbons (Fsp3) is 0.133. The van der Waals surface area contributed by atoms with Gasteiger partial charge in [0.1, 0.15) is 5.15 Å². The largest absolute Gasteiger partial charge is 0.449 e. The van der Waals surface area contributed by atoms with Crippen molar-refractivity contribution in [1.82, 2.24) is 4.98 Å². The Hall–Kier alpha value is -2.11. The Morgan fingerprint density at radius 2 is 1.91 bits per heavy atom. The zero-order chi connectivity index (χ0) is 16.1. The molecule has 5 nitrogen and oxygen atoms in total. The molecule has 7 heteroatoms. The fourth-order valence-corrected chi connectivity index (χ4v) is 1.99. The highest BCUT2D eigenvalue weighted by atomic mass is 35.5. The van der Waals surface area contributed by atoms with E-state index in [1.807, 2.05) is 0 Å². The number of hydrogen-bond donors (Lipinski definition) is 1. The minimum absolute atomic E-state index is 0.0196. The van der Waals surface area contributed by atoms with Gasteiger partial charge in [-0.3, -0.25) is 4.79 Å². The standard InChI is InChI=1S/C15H12Cl2N2O3/c1-9(14(20)19-12-7-3-2-6-11(12)16)22-15(21)10-5-4-8-18-13(10)17/h2-9H,1H3,(H,19,20). The number of anilines is 1. The molecule has 0 spiro atoms. The minimum atomic E-state index is -1.01. The first-order valence-electron chi connectivity index (χ1n) is 6.36. The van der Waals surface area contributed by atoms with E-state index >= 15 is 0 Å². The van der Waals surface area contributed by atoms with Crippen molar-refractivity contribution in [2.75, 3.05) is 5.32 Å². The van der Waals surface area contributed by atoms with Crippen molar-refractivity contribution < 1.29 is 14.3 Å². The highest BCUT2D eigenvalue weighted by Gasteiger charge is 2.21. The molecule has 0 aliphatic rings. The number of nitrogens with zero attached hydrogens (tertiary/aromatic N) is 1. The lowest BCUT2D eigenvalue weighted by molar-refractivity contribution is -0.123. The van der Waals surface area contributed by atoms with E-state index in [1.165, 1.54) is 19.2 Å². The quantitative estimate of drug-likeness (QED) is 0.683. The molecule has 0 aliphatic carbocycles. The molecule has 114 valence electrons. The number of rotatable bonds is 4. The zero-order valence-electron chi connectivity index (χ0n) is 11.5. The zero-order valence-corrected chi connectivity index (χ0v) is 13.1. The molecule has 1 aromatic heterocycles. The predicted molar refractivity (Wildman–Crippen MR) is 84.2 cm³/mol. The molecule has 1 aromatic carbocycles. The maximum absolute atomic E-state index is 12.0. The predicted octanol–water partition coefficient (Wildman–Crippen LogP) is 3.57. The number of pyridine rings is 1. The first kappa shape index (κ1) is 16.3. The molecule has 0 bridgehead atoms. The second-order valence-corrected chi connectivity index (χ2v) is 5.12. The SMILES string of the molecule is CC(OC(=O)c1cccnc1Cl)C(=O)Nc1ccccc1Cl. The highest BCUT2D eigenvalue weighted by molar-refractivity contribution is 6.33. The number of ether oxygens (including phenoxy) is 1. The highest BCUT2D eigenvalue weighted by Crippen LogP contribution is 2.21. The van der Waals surface area contributed by atoms with Crippen LogP contribution in [0.5, 0.6) is 0 Å². The Balaban J connectivity index is 2.01. The van der Waals surface area contributed by atoms with Gasteiger partial charge in [0.05, 0.1) is 16.3 Å². The molecule has 22 heavy (non-hydrogen) atoms. The van der Waals surface area contributed by atoms with Crippen LogP contribution in [0.15, 0.2) is 42.6 Å². The van der Waals surface area contributed by atoms with Crippen LogP contribution in [-0.2, 0) is 9.53 Å². The molecule has 1 amide bonds. The van der Waals surface area contributed by atoms with Gasteiger partial charge in [-0.1, -0.05) is 35.3 Å². The summed E-state index contributed by atoms with van der Waals surface area (Å²) in [6.07, 6.45) is 0.437. The Labute approximate surface area is 137 Å². The van der Waals surface area contributed by atoms with Crippen LogP contribution < -0.4 is 5.32 Å². The number of carbonyl (C=O) groups is 2. The number of halogens is 2. The number of amides is 1. The Morgan fingerprint density at radius 1 is 1.18 bits per heavy atom. The maximum Gasteiger partial charge on any atom is 0.342 e. The molecule has 0 saturated carbocycles. The average Bonchev–Trinajstić information content (AvgIpc) is 2.49. The fourth-order valence-electron chi connectivity index (χ4n) is 1.61. The number of aromatic nitrogens is 1. The summed E-state index contributed by atoms with van der Waals surface area (Å²) in [5.74, 6) is -1.22. The van der Waals surface area contributed by atoms with Gasteiger partial charge in [-0.05, 0) is 31.2 Å². The monoisotopic (exact) mass is 338 g/mol. The van der Waals surface area contributed by atoms with Crippen LogP contribution in [0.2, 0.25) is 10.2 Å². The molecule has 1 heterocycles. The van der Waals surface area contributed by atoms with Gasteiger partial charge >= 0.3 is 5.97 Å². The Bertz CT molecular complexity index is 707. The number of carbonyl (C=O) groups excluding carboxylic acids is 2. The molecule has 0 saturated heterocycles. The van der Waals surface area contributed by atoms with Gasteiger partial charge in [-0.2, -0.15) is 0 Å². The van der Waals surface area contributed by atoms with Crippen LogP contribution in [0.25, 0.3) is 0 Å². The van der Waals surface area contributed by atoms with E-state index in [0.717, 1.165) is 0 Å². The van der Waals surface area contributed by atoms with Crippen molar-refractivity contribution >= 4 is 40.8 Å². The maximum atomic E-state index is 12.0. The van der Waals surface area contributed by atoms with Crippen LogP contribution in [0.3, 0.4) is 0 Å². The second kappa shape index (κ2) is 7.24. The van der Waals surface area contributed by atoms with E-state index in [4.69, 9.17) is 27.9 Å². The lowest BCUT2D eigenvalue weighted by Crippen LogP contribution is -2.30. The normalized spacial score (nSPS) is 11.6. The number of hydrogen-bond acceptors (Lipinski definition) is 4. The van der Waals surface area contributed by atoms with Crippen LogP contribution in [-0.4, -0.2) is 23.0 Å². The van der Waals surface area contributed by atoms with Gasteiger partial charge in [-0.15, -0.1) is 0 Å². The van der Waals surface area contributed by atoms with Gasteiger partial charge in [0, 0.05) is 6.20 Å². The van der Waals surface area contributed by atoms with Crippen LogP contribution in [0.4, 0.5) is 5.69 Å². The Morgan fingerprint density at radius 3 is 2.59 bits per heavy atom. The third-order valence-electron chi connectivity index (χ3n) is 2.76. The molecular weight excluding hydrogens is 327 g/mol. The molecule has 0 fully saturated rings. The first-order chi connectivity index (χ1) is 10.5. The lowest BCUT2D eigenvalue weighted by Gasteiger charge is -2.14. The smallest absolute Gasteiger partial charge is 0.342 e. The summed E-state index contributed by atoms with van der Waals surface area (Å²) < 4.78 is 5.07. The first-order valence-corrected chi connectivity index (χ1v) is 7.11. The van der Waals surface area contributed by atoms with Gasteiger partial charge in [0.15, 0.2) is 6.10 Å². The minimum Gasteiger partial charge on any atom is -0.449 e. The van der Waals surface area contributed by atoms with E-state index in [0.29, 0.717) is 10.7 Å². The molecule has 0 aliphatic heterocycles. The third-order valence-corrected chi connectivity index (χ3v) is 3.39. The summed E-state index contributed by atoms with van der Waals surface area (Å²) >= 11 is 11.7. The summed E-state index contributed by atoms with van der Waals surface area (Å²) in [7, 11) is 0. The summed E-state index contributed by atoms with van der Waals surface area (Å²) in [6, 6.07) is 9.78. The van der Waals surface area contributed by atoms with Gasteiger partial charge in [0.25, 0.3) is 5.91 Å². The van der Waals surface area contributed by atoms with E-state index in [-0.39, 0.29) is 10.7 Å². The summed E-state index contributed by atoms with van der Waals surface area (Å²) in [5.41, 5.74) is 0.540. The third kappa shape index (κ3) is 3.96. The van der Waals surface area contributed by atoms with E-state index in [1.54, 1.807) is 30.3 Å². The van der Waals surface area contributed by atoms with Crippen molar-refractivity contribution in [2.45, 2.75) is 13.0 Å². The van der Waals surface area contributed by atoms with Crippen LogP contribution in [0.1, 0.15) is 17.3 Å². The number of esters is 1. The van der Waals surface area contributed by atoms with Crippen molar-refractivity contribution in [2.24, 2.45) is 0 Å². The van der Waals surface area contributed by atoms with Gasteiger partial charge < -0.3 is 10.1 Å². The van der Waals surface area contributed by atoms with Crippen molar-refractivity contribution in [3.63, 3.8) is 0 Å². The molecular formula is C15H12Cl2N2O3.